The molecule has 0 aliphatic rings. The lowest BCUT2D eigenvalue weighted by molar-refractivity contribution is 0.0688. The fraction of sp³-hybridized carbons (Fsp3) is 0.643. The highest BCUT2D eigenvalue weighted by molar-refractivity contribution is 5.09. The summed E-state index contributed by atoms with van der Waals surface area (Å²) in [7, 11) is 1.69. The highest BCUT2D eigenvalue weighted by Gasteiger charge is 1.94. The summed E-state index contributed by atoms with van der Waals surface area (Å²) in [6.07, 6.45) is 2.21. The Labute approximate surface area is 110 Å². The second kappa shape index (κ2) is 10.00. The molecular formula is C14H24N2O2. The molecule has 1 N–H and O–H groups in total. The third kappa shape index (κ3) is 7.37. The molecule has 0 saturated carbocycles. The van der Waals surface area contributed by atoms with Crippen LogP contribution in [0.5, 0.6) is 0 Å². The van der Waals surface area contributed by atoms with Gasteiger partial charge in [0.2, 0.25) is 0 Å². The molecule has 0 amide bonds. The number of nitrogens with one attached hydrogen (secondary N) is 1. The van der Waals surface area contributed by atoms with E-state index in [1.807, 2.05) is 25.1 Å². The van der Waals surface area contributed by atoms with Gasteiger partial charge in [0.1, 0.15) is 0 Å². The lowest BCUT2D eigenvalue weighted by atomic mass is 10.3. The number of ether oxygens (including phenoxy) is 2. The first kappa shape index (κ1) is 15.1. The van der Waals surface area contributed by atoms with Gasteiger partial charge >= 0.3 is 0 Å². The van der Waals surface area contributed by atoms with Crippen LogP contribution in [0.1, 0.15) is 24.2 Å². The minimum absolute atomic E-state index is 0.678. The van der Waals surface area contributed by atoms with Gasteiger partial charge in [-0.15, -0.1) is 0 Å². The monoisotopic (exact) mass is 252 g/mol. The highest BCUT2D eigenvalue weighted by atomic mass is 16.5. The first-order valence-electron chi connectivity index (χ1n) is 6.53. The van der Waals surface area contributed by atoms with Crippen LogP contribution in [-0.2, 0) is 16.0 Å². The van der Waals surface area contributed by atoms with Crippen molar-refractivity contribution in [2.75, 3.05) is 33.5 Å². The molecule has 0 saturated heterocycles. The molecule has 1 aromatic heterocycles. The van der Waals surface area contributed by atoms with Crippen molar-refractivity contribution in [1.82, 2.24) is 10.3 Å². The van der Waals surface area contributed by atoms with E-state index in [1.54, 1.807) is 7.11 Å². The zero-order valence-corrected chi connectivity index (χ0v) is 11.4. The summed E-state index contributed by atoms with van der Waals surface area (Å²) in [4.78, 5) is 4.44. The van der Waals surface area contributed by atoms with Crippen molar-refractivity contribution in [1.29, 1.82) is 0 Å². The van der Waals surface area contributed by atoms with Crippen LogP contribution in [0.4, 0.5) is 0 Å². The van der Waals surface area contributed by atoms with Crippen molar-refractivity contribution >= 4 is 0 Å². The van der Waals surface area contributed by atoms with E-state index in [9.17, 15) is 0 Å². The van der Waals surface area contributed by atoms with Crippen molar-refractivity contribution in [3.63, 3.8) is 0 Å². The highest BCUT2D eigenvalue weighted by Crippen LogP contribution is 1.97. The SMILES string of the molecule is COCCOCCCCNCc1cccc(C)n1. The fourth-order valence-electron chi connectivity index (χ4n) is 1.61. The topological polar surface area (TPSA) is 43.4 Å². The van der Waals surface area contributed by atoms with E-state index in [4.69, 9.17) is 9.47 Å². The summed E-state index contributed by atoms with van der Waals surface area (Å²) in [5.74, 6) is 0. The number of rotatable bonds is 10. The van der Waals surface area contributed by atoms with Gasteiger partial charge in [0.05, 0.1) is 18.9 Å². The van der Waals surface area contributed by atoms with E-state index in [1.165, 1.54) is 0 Å². The molecule has 18 heavy (non-hydrogen) atoms. The number of hydrogen-bond donors (Lipinski definition) is 1. The summed E-state index contributed by atoms with van der Waals surface area (Å²) >= 11 is 0. The zero-order chi connectivity index (χ0) is 13.1. The number of aromatic nitrogens is 1. The van der Waals surface area contributed by atoms with Crippen molar-refractivity contribution < 1.29 is 9.47 Å². The van der Waals surface area contributed by atoms with Crippen molar-refractivity contribution in [2.24, 2.45) is 0 Å². The van der Waals surface area contributed by atoms with E-state index in [0.29, 0.717) is 13.2 Å². The van der Waals surface area contributed by atoms with Gasteiger partial charge in [-0.2, -0.15) is 0 Å². The first-order valence-corrected chi connectivity index (χ1v) is 6.53. The number of pyridine rings is 1. The van der Waals surface area contributed by atoms with E-state index in [0.717, 1.165) is 43.9 Å². The Balaban J connectivity index is 1.92. The van der Waals surface area contributed by atoms with Crippen LogP contribution in [0.3, 0.4) is 0 Å². The predicted octanol–water partition coefficient (Wildman–Crippen LogP) is 1.92. The molecule has 0 atom stereocenters. The molecule has 0 radical (unpaired) electrons. The van der Waals surface area contributed by atoms with Gasteiger partial charge in [0.15, 0.2) is 0 Å². The van der Waals surface area contributed by atoms with Crippen LogP contribution >= 0.6 is 0 Å². The molecule has 0 aliphatic carbocycles. The Kier molecular flexibility index (Phi) is 8.38. The second-order valence-electron chi connectivity index (χ2n) is 4.26. The number of unbranched alkanes of at least 4 members (excludes halogenated alkanes) is 1. The molecule has 4 nitrogen and oxygen atoms in total. The first-order chi connectivity index (χ1) is 8.83. The van der Waals surface area contributed by atoms with Crippen LogP contribution in [0.25, 0.3) is 0 Å². The Morgan fingerprint density at radius 3 is 2.83 bits per heavy atom. The molecule has 0 aliphatic heterocycles. The molecule has 0 bridgehead atoms. The predicted molar refractivity (Wildman–Crippen MR) is 72.6 cm³/mol. The van der Waals surface area contributed by atoms with E-state index >= 15 is 0 Å². The van der Waals surface area contributed by atoms with Gasteiger partial charge in [-0.05, 0) is 38.4 Å². The molecule has 1 rings (SSSR count). The number of hydrogen-bond acceptors (Lipinski definition) is 4. The normalized spacial score (nSPS) is 10.8. The van der Waals surface area contributed by atoms with Crippen LogP contribution in [0.2, 0.25) is 0 Å². The molecule has 0 spiro atoms. The Bertz CT molecular complexity index is 318. The van der Waals surface area contributed by atoms with Gasteiger partial charge in [0, 0.05) is 26.0 Å². The third-order valence-electron chi connectivity index (χ3n) is 2.58. The van der Waals surface area contributed by atoms with Crippen molar-refractivity contribution in [3.8, 4) is 0 Å². The quantitative estimate of drug-likeness (QED) is 0.646. The number of methoxy groups -OCH3 is 1. The summed E-state index contributed by atoms with van der Waals surface area (Å²) in [5.41, 5.74) is 2.17. The molecule has 1 heterocycles. The van der Waals surface area contributed by atoms with Gasteiger partial charge in [-0.1, -0.05) is 6.07 Å². The maximum Gasteiger partial charge on any atom is 0.0700 e. The molecular weight excluding hydrogens is 228 g/mol. The third-order valence-corrected chi connectivity index (χ3v) is 2.58. The standard InChI is InChI=1S/C14H24N2O2/c1-13-6-5-7-14(16-13)12-15-8-3-4-9-18-11-10-17-2/h5-7,15H,3-4,8-12H2,1-2H3. The van der Waals surface area contributed by atoms with Crippen LogP contribution in [0.15, 0.2) is 18.2 Å². The minimum Gasteiger partial charge on any atom is -0.382 e. The molecule has 0 unspecified atom stereocenters. The van der Waals surface area contributed by atoms with Gasteiger partial charge in [0.25, 0.3) is 0 Å². The average molecular weight is 252 g/mol. The maximum absolute atomic E-state index is 5.39. The summed E-state index contributed by atoms with van der Waals surface area (Å²) in [5, 5.41) is 3.39. The Hall–Kier alpha value is -0.970. The molecule has 4 heteroatoms. The van der Waals surface area contributed by atoms with E-state index in [-0.39, 0.29) is 0 Å². The number of nitrogens with zero attached hydrogens (tertiary/aromatic N) is 1. The Morgan fingerprint density at radius 2 is 2.06 bits per heavy atom. The van der Waals surface area contributed by atoms with E-state index < -0.39 is 0 Å². The lowest BCUT2D eigenvalue weighted by Crippen LogP contribution is -2.16. The molecule has 0 aromatic carbocycles. The largest absolute Gasteiger partial charge is 0.382 e. The van der Waals surface area contributed by atoms with Crippen LogP contribution in [-0.4, -0.2) is 38.5 Å². The summed E-state index contributed by atoms with van der Waals surface area (Å²) in [6.45, 7) is 6.04. The van der Waals surface area contributed by atoms with Crippen molar-refractivity contribution in [3.05, 3.63) is 29.6 Å². The van der Waals surface area contributed by atoms with Gasteiger partial charge in [-0.3, -0.25) is 4.98 Å². The van der Waals surface area contributed by atoms with Crippen molar-refractivity contribution in [2.45, 2.75) is 26.3 Å². The van der Waals surface area contributed by atoms with Crippen LogP contribution < -0.4 is 5.32 Å². The fourth-order valence-corrected chi connectivity index (χ4v) is 1.61. The molecule has 1 aromatic rings. The maximum atomic E-state index is 5.39. The van der Waals surface area contributed by atoms with E-state index in [2.05, 4.69) is 10.3 Å². The van der Waals surface area contributed by atoms with Gasteiger partial charge < -0.3 is 14.8 Å². The summed E-state index contributed by atoms with van der Waals surface area (Å²) < 4.78 is 10.3. The lowest BCUT2D eigenvalue weighted by Gasteiger charge is -2.06. The molecule has 102 valence electrons. The van der Waals surface area contributed by atoms with Crippen LogP contribution in [0, 0.1) is 6.92 Å². The average Bonchev–Trinajstić information content (AvgIpc) is 2.37. The second-order valence-corrected chi connectivity index (χ2v) is 4.26. The molecule has 0 fully saturated rings. The smallest absolute Gasteiger partial charge is 0.0700 e. The number of aryl methyl sites for hydroxylation is 1. The summed E-state index contributed by atoms with van der Waals surface area (Å²) in [6, 6.07) is 6.11. The van der Waals surface area contributed by atoms with Gasteiger partial charge in [-0.25, -0.2) is 0 Å². The minimum atomic E-state index is 0.678. The Morgan fingerprint density at radius 1 is 1.17 bits per heavy atom. The zero-order valence-electron chi connectivity index (χ0n) is 11.4.